The van der Waals surface area contributed by atoms with Crippen LogP contribution in [0.15, 0.2) is 275 Å². The standard InChI is InChI=1S/C30H39ClO5S.C30H40O5S.C29H37ClO5S.C29H38O5S/c1-20(2)29(21(3)4)23-9-13-25(14-10-23)35-18-26(19-37-27-15-11-24(31)12-16-27)36-28(32)8-7-17-34-30(33)22(5)6;1-21(2)29(22(3)4)24-14-16-25(17-15-24)34-19-26(20-36-27-11-8-7-9-12-27)35-28(31)13-10-18-33-30(32)23(5)6;1-6-27(31)33-17-7-8-28(32)35-25(19-36-26-15-11-23(30)12-16-26)18-34-24-13-9-22(10-14-24)29(20(2)3)21(4)5;1-6-27(30)32-18-10-13-28(31)34-25(20-35-26-11-8-7-9-12-26)19-33-24-16-14-23(15-17-24)29(21(2)3)22(4)5/h9-16,20-21,26,29H,5,7-8,17-19H2,1-4,6H3;7-9,11-12,14-17,21-22,26,29H,5,10,13,18-20H2,1-4,6H3;6,9-16,20-21,25,29H,1,7-8,17-19H2,2-5H3;6-9,11-12,14-17,21-22,25,29H,1,10,13,18-20H2,2-5H3. The second-order valence-corrected chi connectivity index (χ2v) is 43.0. The van der Waals surface area contributed by atoms with Crippen LogP contribution in [-0.2, 0) is 76.3 Å². The van der Waals surface area contributed by atoms with E-state index in [0.29, 0.717) is 141 Å². The van der Waals surface area contributed by atoms with Gasteiger partial charge >= 0.3 is 47.8 Å². The molecule has 144 heavy (non-hydrogen) atoms. The molecule has 26 heteroatoms. The molecule has 0 saturated heterocycles. The zero-order valence-corrected chi connectivity index (χ0v) is 92.3. The minimum atomic E-state index is -0.506. The molecule has 0 heterocycles. The first-order valence-corrected chi connectivity index (χ1v) is 54.5. The van der Waals surface area contributed by atoms with Crippen LogP contribution in [0.2, 0.25) is 10.0 Å². The number of ether oxygens (including phenoxy) is 12. The minimum absolute atomic E-state index is 0.140. The highest BCUT2D eigenvalue weighted by Gasteiger charge is 2.28. The number of rotatable bonds is 60. The number of benzene rings is 8. The van der Waals surface area contributed by atoms with Gasteiger partial charge in [-0.05, 0) is 254 Å². The number of hydrogen-bond donors (Lipinski definition) is 0. The molecule has 0 aromatic heterocycles. The molecule has 20 nitrogen and oxygen atoms in total. The maximum Gasteiger partial charge on any atom is 0.333 e. The normalized spacial score (nSPS) is 12.0. The van der Waals surface area contributed by atoms with Gasteiger partial charge in [0.15, 0.2) is 0 Å². The molecule has 0 fully saturated rings. The predicted molar refractivity (Wildman–Crippen MR) is 586 cm³/mol. The third kappa shape index (κ3) is 51.1. The molecule has 0 saturated carbocycles. The molecule has 0 N–H and O–H groups in total. The summed E-state index contributed by atoms with van der Waals surface area (Å²) in [6.45, 7) is 54.5. The summed E-state index contributed by atoms with van der Waals surface area (Å²) in [5.74, 6) is 8.22. The second-order valence-electron chi connectivity index (χ2n) is 37.8. The van der Waals surface area contributed by atoms with E-state index in [-0.39, 0.29) is 102 Å². The molecule has 0 amide bonds. The summed E-state index contributed by atoms with van der Waals surface area (Å²) in [7, 11) is 0. The fourth-order valence-corrected chi connectivity index (χ4v) is 20.0. The van der Waals surface area contributed by atoms with Crippen LogP contribution in [0.25, 0.3) is 0 Å². The zero-order valence-electron chi connectivity index (χ0n) is 87.5. The first-order valence-electron chi connectivity index (χ1n) is 49.8. The first-order chi connectivity index (χ1) is 68.7. The smallest absolute Gasteiger partial charge is 0.333 e. The van der Waals surface area contributed by atoms with Crippen molar-refractivity contribution in [3.63, 3.8) is 0 Å². The van der Waals surface area contributed by atoms with Crippen molar-refractivity contribution in [2.75, 3.05) is 75.9 Å². The minimum Gasteiger partial charge on any atom is -0.490 e. The Morgan fingerprint density at radius 3 is 0.681 bits per heavy atom. The summed E-state index contributed by atoms with van der Waals surface area (Å²) in [4.78, 5) is 99.2. The number of carbonyl (C=O) groups is 8. The molecule has 8 rings (SSSR count). The van der Waals surface area contributed by atoms with E-state index >= 15 is 0 Å². The number of thioether (sulfide) groups is 4. The molecule has 4 atom stereocenters. The molecule has 0 aliphatic rings. The lowest BCUT2D eigenvalue weighted by atomic mass is 9.80. The lowest BCUT2D eigenvalue weighted by Crippen LogP contribution is -2.27. The van der Waals surface area contributed by atoms with E-state index in [0.717, 1.165) is 54.7 Å². The summed E-state index contributed by atoms with van der Waals surface area (Å²) >= 11 is 18.3. The van der Waals surface area contributed by atoms with E-state index in [1.54, 1.807) is 60.9 Å². The third-order valence-corrected chi connectivity index (χ3v) is 27.8. The molecule has 4 unspecified atom stereocenters. The lowest BCUT2D eigenvalue weighted by Gasteiger charge is -2.25. The van der Waals surface area contributed by atoms with Gasteiger partial charge in [-0.2, -0.15) is 0 Å². The van der Waals surface area contributed by atoms with E-state index in [1.807, 2.05) is 158 Å². The number of halogens is 2. The Bertz CT molecular complexity index is 5060. The van der Waals surface area contributed by atoms with Gasteiger partial charge in [-0.15, -0.1) is 47.0 Å². The fourth-order valence-electron chi connectivity index (χ4n) is 16.3. The molecule has 0 aliphatic carbocycles. The Morgan fingerprint density at radius 2 is 0.486 bits per heavy atom. The Kier molecular flexibility index (Phi) is 60.1. The number of esters is 8. The largest absolute Gasteiger partial charge is 0.490 e. The van der Waals surface area contributed by atoms with Crippen molar-refractivity contribution in [1.82, 2.24) is 0 Å². The molecule has 0 spiro atoms. The Labute approximate surface area is 884 Å². The zero-order chi connectivity index (χ0) is 106. The van der Waals surface area contributed by atoms with Crippen LogP contribution in [0.1, 0.15) is 222 Å². The molecule has 8 aromatic carbocycles. The van der Waals surface area contributed by atoms with E-state index in [4.69, 9.17) is 80.0 Å². The maximum atomic E-state index is 12.5. The van der Waals surface area contributed by atoms with Gasteiger partial charge in [-0.1, -0.05) is 245 Å². The van der Waals surface area contributed by atoms with Crippen LogP contribution < -0.4 is 18.9 Å². The van der Waals surface area contributed by atoms with Crippen molar-refractivity contribution in [1.29, 1.82) is 0 Å². The molecule has 0 bridgehead atoms. The fraction of sp³-hybridized carbons (Fsp3) is 0.458. The third-order valence-electron chi connectivity index (χ3n) is 22.7. The molecular weight excluding hydrogens is 1940 g/mol. The topological polar surface area (TPSA) is 247 Å². The summed E-state index contributed by atoms with van der Waals surface area (Å²) in [6, 6.07) is 67.9. The van der Waals surface area contributed by atoms with E-state index in [1.165, 1.54) is 22.3 Å². The van der Waals surface area contributed by atoms with Crippen LogP contribution in [-0.4, -0.2) is 148 Å². The van der Waals surface area contributed by atoms with Crippen LogP contribution in [0.5, 0.6) is 23.0 Å². The summed E-state index contributed by atoms with van der Waals surface area (Å²) in [5, 5.41) is 1.34. The Balaban J connectivity index is 0.000000338. The molecule has 0 radical (unpaired) electrons. The Hall–Kier alpha value is -10.3. The van der Waals surface area contributed by atoms with Crippen molar-refractivity contribution in [2.45, 2.75) is 244 Å². The van der Waals surface area contributed by atoms with Gasteiger partial charge in [-0.3, -0.25) is 19.2 Å². The number of hydrogen-bond acceptors (Lipinski definition) is 24. The second kappa shape index (κ2) is 69.7. The van der Waals surface area contributed by atoms with Crippen LogP contribution in [0.4, 0.5) is 0 Å². The van der Waals surface area contributed by atoms with Gasteiger partial charge in [0.2, 0.25) is 0 Å². The van der Waals surface area contributed by atoms with Crippen molar-refractivity contribution in [3.05, 3.63) is 288 Å². The highest BCUT2D eigenvalue weighted by atomic mass is 35.5. The van der Waals surface area contributed by atoms with Gasteiger partial charge in [0.05, 0.1) is 26.4 Å². The van der Waals surface area contributed by atoms with Crippen molar-refractivity contribution in [3.8, 4) is 23.0 Å². The molecular formula is C118H154Cl2O20S4. The van der Waals surface area contributed by atoms with Gasteiger partial charge in [0.1, 0.15) is 73.8 Å². The lowest BCUT2D eigenvalue weighted by molar-refractivity contribution is -0.151. The van der Waals surface area contributed by atoms with Crippen LogP contribution in [0, 0.1) is 47.3 Å². The summed E-state index contributed by atoms with van der Waals surface area (Å²) in [6.07, 6.45) is 2.63. The Morgan fingerprint density at radius 1 is 0.285 bits per heavy atom. The van der Waals surface area contributed by atoms with E-state index < -0.39 is 48.3 Å². The van der Waals surface area contributed by atoms with Crippen molar-refractivity contribution in [2.24, 2.45) is 47.3 Å². The first kappa shape index (κ1) is 124. The van der Waals surface area contributed by atoms with Gasteiger partial charge in [-0.25, -0.2) is 19.2 Å². The molecule has 8 aromatic rings. The van der Waals surface area contributed by atoms with Crippen molar-refractivity contribution >= 4 is 118 Å². The number of carbonyl (C=O) groups excluding carboxylic acids is 8. The van der Waals surface area contributed by atoms with Gasteiger partial charge in [0.25, 0.3) is 0 Å². The van der Waals surface area contributed by atoms with E-state index in [9.17, 15) is 38.4 Å². The quantitative estimate of drug-likeness (QED) is 0.0113. The predicted octanol–water partition coefficient (Wildman–Crippen LogP) is 28.8. The van der Waals surface area contributed by atoms with Gasteiger partial charge in [0, 0.05) is 102 Å². The van der Waals surface area contributed by atoms with Gasteiger partial charge < -0.3 is 56.8 Å². The molecule has 0 aliphatic heterocycles. The molecule has 784 valence electrons. The van der Waals surface area contributed by atoms with E-state index in [2.05, 4.69) is 186 Å². The highest BCUT2D eigenvalue weighted by molar-refractivity contribution is 8.00. The van der Waals surface area contributed by atoms with Crippen LogP contribution in [0.3, 0.4) is 0 Å². The van der Waals surface area contributed by atoms with Crippen LogP contribution >= 0.6 is 70.2 Å². The summed E-state index contributed by atoms with van der Waals surface area (Å²) in [5.41, 5.74) is 5.88. The monoisotopic (exact) mass is 2090 g/mol. The van der Waals surface area contributed by atoms with Crippen molar-refractivity contribution < 1.29 is 95.2 Å². The average molecular weight is 2090 g/mol. The summed E-state index contributed by atoms with van der Waals surface area (Å²) < 4.78 is 66.9. The SMILES string of the molecule is C=C(C)C(=O)OCCCC(=O)OC(COc1ccc(C(C(C)C)C(C)C)cc1)CSc1ccc(Cl)cc1.C=C(C)C(=O)OCCCC(=O)OC(COc1ccc(C(C(C)C)C(C)C)cc1)CSc1ccccc1.C=CC(=O)OCCCC(=O)OC(COc1ccc(C(C(C)C)C(C)C)cc1)CSc1ccc(Cl)cc1.C=CC(=O)OCCCC(=O)OC(COc1ccc(C(C(C)C)C(C)C)cc1)CSc1ccccc1. The average Bonchev–Trinajstić information content (AvgIpc) is 0.857. The highest BCUT2D eigenvalue weighted by Crippen LogP contribution is 2.38. The maximum absolute atomic E-state index is 12.5.